The number of aryl methyl sites for hydroxylation is 1. The van der Waals surface area contributed by atoms with E-state index in [2.05, 4.69) is 9.97 Å². The van der Waals surface area contributed by atoms with E-state index in [4.69, 9.17) is 0 Å². The monoisotopic (exact) mass is 224 g/mol. The molecular weight excluding hydrogens is 216 g/mol. The van der Waals surface area contributed by atoms with Gasteiger partial charge in [0.25, 0.3) is 0 Å². The minimum absolute atomic E-state index is 0.335. The Labute approximate surface area is 97.3 Å². The van der Waals surface area contributed by atoms with Crippen LogP contribution in [0.1, 0.15) is 26.3 Å². The fourth-order valence-electron chi connectivity index (χ4n) is 1.95. The zero-order valence-electron chi connectivity index (χ0n) is 9.10. The van der Waals surface area contributed by atoms with Crippen molar-refractivity contribution in [1.29, 1.82) is 0 Å². The number of carbonyl (C=O) groups is 2. The number of nitrogens with zero attached hydrogens (tertiary/aromatic N) is 2. The number of ketones is 2. The van der Waals surface area contributed by atoms with E-state index in [-0.39, 0.29) is 0 Å². The Hall–Kier alpha value is -2.36. The van der Waals surface area contributed by atoms with Crippen LogP contribution in [0.2, 0.25) is 0 Å². The lowest BCUT2D eigenvalue weighted by molar-refractivity contribution is 0.0814. The zero-order valence-corrected chi connectivity index (χ0v) is 9.10. The van der Waals surface area contributed by atoms with Crippen molar-refractivity contribution >= 4 is 11.6 Å². The van der Waals surface area contributed by atoms with Crippen molar-refractivity contribution in [2.24, 2.45) is 0 Å². The molecule has 0 atom stereocenters. The second kappa shape index (κ2) is 3.31. The Morgan fingerprint density at radius 2 is 1.71 bits per heavy atom. The average molecular weight is 224 g/mol. The molecule has 1 aliphatic rings. The minimum Gasteiger partial charge on any atom is -0.285 e. The summed E-state index contributed by atoms with van der Waals surface area (Å²) in [4.78, 5) is 32.1. The maximum absolute atomic E-state index is 11.9. The van der Waals surface area contributed by atoms with Crippen LogP contribution in [0, 0.1) is 6.92 Å². The van der Waals surface area contributed by atoms with E-state index in [0.29, 0.717) is 22.5 Å². The topological polar surface area (TPSA) is 59.9 Å². The van der Waals surface area contributed by atoms with E-state index >= 15 is 0 Å². The maximum Gasteiger partial charge on any atom is 0.235 e. The first-order valence-electron chi connectivity index (χ1n) is 5.19. The van der Waals surface area contributed by atoms with Gasteiger partial charge in [0.15, 0.2) is 0 Å². The highest BCUT2D eigenvalue weighted by Gasteiger charge is 2.31. The highest BCUT2D eigenvalue weighted by atomic mass is 16.2. The first-order valence-corrected chi connectivity index (χ1v) is 5.19. The third-order valence-corrected chi connectivity index (χ3v) is 2.75. The van der Waals surface area contributed by atoms with Gasteiger partial charge in [-0.2, -0.15) is 0 Å². The van der Waals surface area contributed by atoms with Gasteiger partial charge in [0.2, 0.25) is 11.6 Å². The first-order chi connectivity index (χ1) is 8.18. The van der Waals surface area contributed by atoms with Crippen LogP contribution < -0.4 is 0 Å². The van der Waals surface area contributed by atoms with Crippen molar-refractivity contribution in [3.63, 3.8) is 0 Å². The van der Waals surface area contributed by atoms with Crippen LogP contribution in [-0.4, -0.2) is 21.5 Å². The molecule has 4 nitrogen and oxygen atoms in total. The van der Waals surface area contributed by atoms with Gasteiger partial charge >= 0.3 is 0 Å². The number of rotatable bonds is 0. The molecule has 0 aromatic carbocycles. The van der Waals surface area contributed by atoms with Crippen LogP contribution >= 0.6 is 0 Å². The molecule has 0 unspecified atom stereocenters. The van der Waals surface area contributed by atoms with Crippen LogP contribution in [0.4, 0.5) is 0 Å². The van der Waals surface area contributed by atoms with E-state index < -0.39 is 11.6 Å². The molecule has 0 fully saturated rings. The largest absolute Gasteiger partial charge is 0.285 e. The molecule has 0 saturated carbocycles. The quantitative estimate of drug-likeness (QED) is 0.640. The van der Waals surface area contributed by atoms with Gasteiger partial charge in [-0.3, -0.25) is 19.6 Å². The zero-order chi connectivity index (χ0) is 12.0. The number of carbonyl (C=O) groups excluding carboxylic acids is 2. The van der Waals surface area contributed by atoms with Crippen molar-refractivity contribution in [3.05, 3.63) is 47.3 Å². The van der Waals surface area contributed by atoms with Gasteiger partial charge in [0.1, 0.15) is 11.4 Å². The first kappa shape index (κ1) is 9.84. The second-order valence-electron chi connectivity index (χ2n) is 3.97. The third-order valence-electron chi connectivity index (χ3n) is 2.75. The highest BCUT2D eigenvalue weighted by molar-refractivity contribution is 6.52. The Bertz CT molecular complexity index is 662. The van der Waals surface area contributed by atoms with Crippen LogP contribution in [0.15, 0.2) is 30.6 Å². The van der Waals surface area contributed by atoms with E-state index in [1.165, 1.54) is 0 Å². The van der Waals surface area contributed by atoms with Gasteiger partial charge in [0, 0.05) is 12.4 Å². The lowest BCUT2D eigenvalue weighted by Gasteiger charge is -2.15. The lowest BCUT2D eigenvalue weighted by Crippen LogP contribution is -2.22. The summed E-state index contributed by atoms with van der Waals surface area (Å²) >= 11 is 0. The highest BCUT2D eigenvalue weighted by Crippen LogP contribution is 2.29. The van der Waals surface area contributed by atoms with Crippen molar-refractivity contribution < 1.29 is 9.59 Å². The molecule has 82 valence electrons. The predicted molar refractivity (Wildman–Crippen MR) is 60.9 cm³/mol. The molecule has 2 aromatic heterocycles. The lowest BCUT2D eigenvalue weighted by atomic mass is 9.90. The number of hydrogen-bond acceptors (Lipinski definition) is 4. The van der Waals surface area contributed by atoms with Gasteiger partial charge in [0.05, 0.1) is 11.1 Å². The van der Waals surface area contributed by atoms with Crippen molar-refractivity contribution in [3.8, 4) is 11.4 Å². The molecule has 0 radical (unpaired) electrons. The van der Waals surface area contributed by atoms with E-state index in [1.807, 2.05) is 6.92 Å². The van der Waals surface area contributed by atoms with Crippen LogP contribution in [-0.2, 0) is 0 Å². The summed E-state index contributed by atoms with van der Waals surface area (Å²) in [7, 11) is 0. The molecule has 2 aromatic rings. The smallest absolute Gasteiger partial charge is 0.235 e. The van der Waals surface area contributed by atoms with E-state index in [1.54, 1.807) is 30.6 Å². The Morgan fingerprint density at radius 1 is 1.00 bits per heavy atom. The predicted octanol–water partition coefficient (Wildman–Crippen LogP) is 1.83. The van der Waals surface area contributed by atoms with E-state index in [9.17, 15) is 9.59 Å². The second-order valence-corrected chi connectivity index (χ2v) is 3.97. The van der Waals surface area contributed by atoms with Crippen LogP contribution in [0.25, 0.3) is 11.4 Å². The summed E-state index contributed by atoms with van der Waals surface area (Å²) in [5.41, 5.74) is 2.52. The Kier molecular flexibility index (Phi) is 1.92. The van der Waals surface area contributed by atoms with Crippen molar-refractivity contribution in [2.75, 3.05) is 0 Å². The van der Waals surface area contributed by atoms with Crippen molar-refractivity contribution in [1.82, 2.24) is 9.97 Å². The molecular formula is C13H8N2O2. The standard InChI is InChI=1S/C13H8N2O2/c1-7-5-9-11(15-6-7)10-8(3-2-4-14-10)12(16)13(9)17/h2-6H,1H3. The third kappa shape index (κ3) is 1.30. The summed E-state index contributed by atoms with van der Waals surface area (Å²) in [5.74, 6) is -1.01. The number of aromatic nitrogens is 2. The van der Waals surface area contributed by atoms with Crippen LogP contribution in [0.3, 0.4) is 0 Å². The minimum atomic E-state index is -0.506. The molecule has 2 heterocycles. The number of hydrogen-bond donors (Lipinski definition) is 0. The molecule has 0 bridgehead atoms. The average Bonchev–Trinajstić information content (AvgIpc) is 2.36. The Morgan fingerprint density at radius 3 is 2.53 bits per heavy atom. The van der Waals surface area contributed by atoms with Gasteiger partial charge in [-0.25, -0.2) is 0 Å². The summed E-state index contributed by atoms with van der Waals surface area (Å²) in [6.07, 6.45) is 3.26. The molecule has 4 heteroatoms. The van der Waals surface area contributed by atoms with Gasteiger partial charge in [-0.05, 0) is 30.7 Å². The van der Waals surface area contributed by atoms with Crippen LogP contribution in [0.5, 0.6) is 0 Å². The summed E-state index contributed by atoms with van der Waals surface area (Å²) in [6.45, 7) is 1.83. The van der Waals surface area contributed by atoms with Gasteiger partial charge in [-0.1, -0.05) is 0 Å². The summed E-state index contributed by atoms with van der Waals surface area (Å²) in [5, 5.41) is 0. The van der Waals surface area contributed by atoms with Gasteiger partial charge < -0.3 is 0 Å². The van der Waals surface area contributed by atoms with E-state index in [0.717, 1.165) is 5.56 Å². The molecule has 17 heavy (non-hydrogen) atoms. The molecule has 0 amide bonds. The normalized spacial score (nSPS) is 13.2. The number of fused-ring (bicyclic) bond motifs is 3. The Balaban J connectivity index is 2.40. The summed E-state index contributed by atoms with van der Waals surface area (Å²) < 4.78 is 0. The fourth-order valence-corrected chi connectivity index (χ4v) is 1.95. The van der Waals surface area contributed by atoms with Gasteiger partial charge in [-0.15, -0.1) is 0 Å². The molecule has 0 spiro atoms. The molecule has 0 aliphatic heterocycles. The fraction of sp³-hybridized carbons (Fsp3) is 0.0769. The van der Waals surface area contributed by atoms with Crippen molar-refractivity contribution in [2.45, 2.75) is 6.92 Å². The summed E-state index contributed by atoms with van der Waals surface area (Å²) in [6, 6.07) is 4.93. The SMILES string of the molecule is Cc1cnc2c(c1)C(=O)C(=O)c1cccnc1-2. The maximum atomic E-state index is 11.9. The molecule has 3 rings (SSSR count). The molecule has 0 N–H and O–H groups in total. The molecule has 1 aliphatic carbocycles. The number of Topliss-reactive ketones (excluding diaryl/α,β-unsaturated/α-hetero) is 2. The molecule has 0 saturated heterocycles. The number of pyridine rings is 2.